The van der Waals surface area contributed by atoms with Crippen LogP contribution in [0.15, 0.2) is 24.3 Å². The van der Waals surface area contributed by atoms with Crippen LogP contribution in [0, 0.1) is 28.6 Å². The summed E-state index contributed by atoms with van der Waals surface area (Å²) in [5, 5.41) is 18.7. The number of halogens is 3. The van der Waals surface area contributed by atoms with Crippen LogP contribution in [0.5, 0.6) is 0 Å². The predicted octanol–water partition coefficient (Wildman–Crippen LogP) is 5.50. The Kier molecular flexibility index (Phi) is 6.41. The number of hydrogen-bond donors (Lipinski definition) is 0. The summed E-state index contributed by atoms with van der Waals surface area (Å²) in [6, 6.07) is 11.8. The molecule has 1 aromatic rings. The van der Waals surface area contributed by atoms with Gasteiger partial charge in [0.25, 0.3) is 0 Å². The molecule has 124 valence electrons. The zero-order valence-electron chi connectivity index (χ0n) is 13.6. The molecule has 0 aliphatic heterocycles. The van der Waals surface area contributed by atoms with Crippen molar-refractivity contribution in [3.05, 3.63) is 35.4 Å². The number of alkyl halides is 3. The van der Waals surface area contributed by atoms with Gasteiger partial charge in [-0.25, -0.2) is 0 Å². The van der Waals surface area contributed by atoms with Crippen LogP contribution in [0.2, 0.25) is 18.1 Å². The predicted molar refractivity (Wildman–Crippen MR) is 86.1 cm³/mol. The Hall–Kier alpha value is -1.79. The number of nitrogens with zero attached hydrogens (tertiary/aromatic N) is 2. The third-order valence-electron chi connectivity index (χ3n) is 4.98. The molecule has 0 saturated heterocycles. The molecule has 0 heterocycles. The SMILES string of the molecule is CC[Si](CC)(CC)C(c1ccc(C(F)(F)F)cc1)C(C#N)C#N. The Labute approximate surface area is 136 Å². The molecule has 0 radical (unpaired) electrons. The van der Waals surface area contributed by atoms with Crippen molar-refractivity contribution in [2.75, 3.05) is 0 Å². The summed E-state index contributed by atoms with van der Waals surface area (Å²) in [5.41, 5.74) is -0.287. The molecule has 1 unspecified atom stereocenters. The summed E-state index contributed by atoms with van der Waals surface area (Å²) in [6.45, 7) is 6.17. The smallest absolute Gasteiger partial charge is 0.197 e. The molecule has 6 heteroatoms. The van der Waals surface area contributed by atoms with Gasteiger partial charge in [0, 0.05) is 5.54 Å². The molecule has 0 N–H and O–H groups in total. The second-order valence-electron chi connectivity index (χ2n) is 5.76. The Balaban J connectivity index is 3.42. The molecule has 1 rings (SSSR count). The zero-order valence-corrected chi connectivity index (χ0v) is 14.6. The summed E-state index contributed by atoms with van der Waals surface area (Å²) < 4.78 is 38.2. The Morgan fingerprint density at radius 2 is 1.39 bits per heavy atom. The number of nitriles is 2. The van der Waals surface area contributed by atoms with E-state index in [-0.39, 0.29) is 5.54 Å². The van der Waals surface area contributed by atoms with Gasteiger partial charge in [0.1, 0.15) is 5.92 Å². The molecule has 23 heavy (non-hydrogen) atoms. The van der Waals surface area contributed by atoms with Gasteiger partial charge in [-0.1, -0.05) is 51.0 Å². The van der Waals surface area contributed by atoms with Crippen molar-refractivity contribution < 1.29 is 13.2 Å². The lowest BCUT2D eigenvalue weighted by atomic mass is 9.99. The van der Waals surface area contributed by atoms with E-state index in [0.29, 0.717) is 5.56 Å². The van der Waals surface area contributed by atoms with Crippen molar-refractivity contribution in [2.24, 2.45) is 5.92 Å². The molecular formula is C17H21F3N2Si. The normalized spacial score (nSPS) is 13.4. The molecule has 1 aromatic carbocycles. The number of benzene rings is 1. The third kappa shape index (κ3) is 3.94. The summed E-state index contributed by atoms with van der Waals surface area (Å²) in [5.74, 6) is -0.821. The Morgan fingerprint density at radius 3 is 1.70 bits per heavy atom. The average molecular weight is 338 g/mol. The maximum Gasteiger partial charge on any atom is 0.416 e. The monoisotopic (exact) mass is 338 g/mol. The van der Waals surface area contributed by atoms with Crippen molar-refractivity contribution >= 4 is 8.07 Å². The topological polar surface area (TPSA) is 47.6 Å². The van der Waals surface area contributed by atoms with Crippen LogP contribution < -0.4 is 0 Å². The molecule has 2 nitrogen and oxygen atoms in total. The fourth-order valence-corrected chi connectivity index (χ4v) is 7.94. The van der Waals surface area contributed by atoms with Crippen molar-refractivity contribution in [1.29, 1.82) is 10.5 Å². The van der Waals surface area contributed by atoms with Crippen molar-refractivity contribution in [2.45, 2.75) is 50.6 Å². The molecular weight excluding hydrogens is 317 g/mol. The molecule has 0 fully saturated rings. The first kappa shape index (κ1) is 19.3. The van der Waals surface area contributed by atoms with E-state index in [1.165, 1.54) is 12.1 Å². The van der Waals surface area contributed by atoms with Crippen LogP contribution in [-0.4, -0.2) is 8.07 Å². The van der Waals surface area contributed by atoms with Gasteiger partial charge in [0.15, 0.2) is 0 Å². The quantitative estimate of drug-likeness (QED) is 0.643. The summed E-state index contributed by atoms with van der Waals surface area (Å²) in [7, 11) is -1.98. The summed E-state index contributed by atoms with van der Waals surface area (Å²) in [6.07, 6.45) is -4.38. The van der Waals surface area contributed by atoms with E-state index in [4.69, 9.17) is 0 Å². The fraction of sp³-hybridized carbons (Fsp3) is 0.529. The van der Waals surface area contributed by atoms with Gasteiger partial charge in [0.2, 0.25) is 0 Å². The first-order chi connectivity index (χ1) is 10.8. The molecule has 0 aliphatic carbocycles. The minimum Gasteiger partial charge on any atom is -0.197 e. The van der Waals surface area contributed by atoms with Crippen LogP contribution in [0.1, 0.15) is 37.4 Å². The number of hydrogen-bond acceptors (Lipinski definition) is 2. The van der Waals surface area contributed by atoms with Gasteiger partial charge < -0.3 is 0 Å². The van der Waals surface area contributed by atoms with Gasteiger partial charge in [-0.3, -0.25) is 0 Å². The van der Waals surface area contributed by atoms with E-state index < -0.39 is 25.7 Å². The highest BCUT2D eigenvalue weighted by Crippen LogP contribution is 2.41. The lowest BCUT2D eigenvalue weighted by molar-refractivity contribution is -0.137. The van der Waals surface area contributed by atoms with Crippen LogP contribution in [0.3, 0.4) is 0 Å². The van der Waals surface area contributed by atoms with Crippen LogP contribution in [-0.2, 0) is 6.18 Å². The van der Waals surface area contributed by atoms with Crippen LogP contribution in [0.25, 0.3) is 0 Å². The molecule has 0 aliphatic rings. The summed E-state index contributed by atoms with van der Waals surface area (Å²) >= 11 is 0. The highest BCUT2D eigenvalue weighted by atomic mass is 28.3. The van der Waals surface area contributed by atoms with E-state index in [0.717, 1.165) is 30.3 Å². The van der Waals surface area contributed by atoms with E-state index in [1.54, 1.807) is 0 Å². The zero-order chi connectivity index (χ0) is 17.7. The van der Waals surface area contributed by atoms with Crippen LogP contribution in [0.4, 0.5) is 13.2 Å². The standard InChI is InChI=1S/C17H21F3N2Si/c1-4-23(5-2,6-3)16(14(11-21)12-22)13-7-9-15(10-8-13)17(18,19)20/h7-10,14,16H,4-6H2,1-3H3. The van der Waals surface area contributed by atoms with E-state index >= 15 is 0 Å². The molecule has 0 spiro atoms. The molecule has 0 saturated carbocycles. The molecule has 0 aromatic heterocycles. The lowest BCUT2D eigenvalue weighted by Crippen LogP contribution is -2.43. The van der Waals surface area contributed by atoms with Gasteiger partial charge in [-0.15, -0.1) is 0 Å². The lowest BCUT2D eigenvalue weighted by Gasteiger charge is -2.38. The average Bonchev–Trinajstić information content (AvgIpc) is 2.55. The van der Waals surface area contributed by atoms with E-state index in [2.05, 4.69) is 32.9 Å². The first-order valence-corrected chi connectivity index (χ1v) is 10.5. The van der Waals surface area contributed by atoms with Crippen LogP contribution >= 0.6 is 0 Å². The number of rotatable bonds is 6. The largest absolute Gasteiger partial charge is 0.416 e. The maximum atomic E-state index is 12.7. The van der Waals surface area contributed by atoms with Gasteiger partial charge >= 0.3 is 6.18 Å². The molecule has 0 bridgehead atoms. The minimum absolute atomic E-state index is 0.264. The molecule has 0 amide bonds. The Morgan fingerprint density at radius 1 is 0.957 bits per heavy atom. The minimum atomic E-state index is -4.38. The third-order valence-corrected chi connectivity index (χ3v) is 11.2. The first-order valence-electron chi connectivity index (χ1n) is 7.76. The van der Waals surface area contributed by atoms with Crippen molar-refractivity contribution in [1.82, 2.24) is 0 Å². The second kappa shape index (κ2) is 7.65. The van der Waals surface area contributed by atoms with E-state index in [9.17, 15) is 23.7 Å². The highest BCUT2D eigenvalue weighted by Gasteiger charge is 2.42. The fourth-order valence-electron chi connectivity index (χ4n) is 3.37. The molecule has 1 atom stereocenters. The summed E-state index contributed by atoms with van der Waals surface area (Å²) in [4.78, 5) is 0. The highest BCUT2D eigenvalue weighted by molar-refractivity contribution is 6.81. The van der Waals surface area contributed by atoms with Gasteiger partial charge in [0.05, 0.1) is 25.8 Å². The van der Waals surface area contributed by atoms with E-state index in [1.807, 2.05) is 0 Å². The van der Waals surface area contributed by atoms with Crippen molar-refractivity contribution in [3.63, 3.8) is 0 Å². The maximum absolute atomic E-state index is 12.7. The van der Waals surface area contributed by atoms with Gasteiger partial charge in [-0.2, -0.15) is 23.7 Å². The van der Waals surface area contributed by atoms with Crippen molar-refractivity contribution in [3.8, 4) is 12.1 Å². The second-order valence-corrected chi connectivity index (χ2v) is 11.2. The Bertz CT molecular complexity index is 570. The van der Waals surface area contributed by atoms with Gasteiger partial charge in [-0.05, 0) is 17.7 Å².